The summed E-state index contributed by atoms with van der Waals surface area (Å²) in [6.07, 6.45) is 5.62. The fourth-order valence-electron chi connectivity index (χ4n) is 3.42. The van der Waals surface area contributed by atoms with Crippen LogP contribution in [0.1, 0.15) is 21.6 Å². The highest BCUT2D eigenvalue weighted by Gasteiger charge is 2.18. The minimum atomic E-state index is -0.263. The lowest BCUT2D eigenvalue weighted by Gasteiger charge is -2.08. The third-order valence-corrected chi connectivity index (χ3v) is 4.89. The van der Waals surface area contributed by atoms with E-state index in [0.29, 0.717) is 18.7 Å². The molecule has 4 rings (SSSR count). The molecule has 6 heteroatoms. The third kappa shape index (κ3) is 3.82. The van der Waals surface area contributed by atoms with Crippen molar-refractivity contribution in [3.63, 3.8) is 0 Å². The number of nitrogens with zero attached hydrogens (tertiary/aromatic N) is 2. The summed E-state index contributed by atoms with van der Waals surface area (Å²) in [7, 11) is 1.63. The Hall–Kier alpha value is -3.67. The number of oxazole rings is 1. The molecule has 2 heterocycles. The maximum atomic E-state index is 12.7. The summed E-state index contributed by atoms with van der Waals surface area (Å²) in [5.41, 5.74) is 3.15. The predicted octanol–water partition coefficient (Wildman–Crippen LogP) is 4.18. The molecule has 0 aliphatic heterocycles. The van der Waals surface area contributed by atoms with Gasteiger partial charge in [0.05, 0.1) is 7.11 Å². The zero-order valence-electron chi connectivity index (χ0n) is 16.3. The lowest BCUT2D eigenvalue weighted by molar-refractivity contribution is 0.0950. The summed E-state index contributed by atoms with van der Waals surface area (Å²) in [5, 5.41) is 5.17. The second kappa shape index (κ2) is 8.14. The first-order valence-electron chi connectivity index (χ1n) is 9.35. The number of pyridine rings is 1. The first-order valence-corrected chi connectivity index (χ1v) is 9.35. The van der Waals surface area contributed by atoms with E-state index in [4.69, 9.17) is 9.15 Å². The van der Waals surface area contributed by atoms with Crippen LogP contribution in [0.2, 0.25) is 0 Å². The molecular weight excluding hydrogens is 366 g/mol. The van der Waals surface area contributed by atoms with E-state index in [-0.39, 0.29) is 11.6 Å². The van der Waals surface area contributed by atoms with Crippen LogP contribution in [0.25, 0.3) is 22.1 Å². The third-order valence-electron chi connectivity index (χ3n) is 4.89. The number of hydrogen-bond acceptors (Lipinski definition) is 5. The number of amides is 1. The Morgan fingerprint density at radius 1 is 1.21 bits per heavy atom. The standard InChI is InChI=1S/C23H21N3O3/c1-15-12-18(6-7-20(15)28-2)22-21(26-14-29-22)23(27)25-11-9-17-5-3-4-16-8-10-24-13-19(16)17/h3-8,10,12-14H,9,11H2,1-2H3,(H,25,27). The minimum absolute atomic E-state index is 0.263. The molecule has 2 aromatic heterocycles. The van der Waals surface area contributed by atoms with E-state index >= 15 is 0 Å². The summed E-state index contributed by atoms with van der Waals surface area (Å²) in [6, 6.07) is 13.7. The van der Waals surface area contributed by atoms with Gasteiger partial charge >= 0.3 is 0 Å². The number of methoxy groups -OCH3 is 1. The van der Waals surface area contributed by atoms with Crippen LogP contribution in [-0.2, 0) is 6.42 Å². The highest BCUT2D eigenvalue weighted by atomic mass is 16.5. The topological polar surface area (TPSA) is 77.2 Å². The van der Waals surface area contributed by atoms with Gasteiger partial charge in [-0.1, -0.05) is 18.2 Å². The van der Waals surface area contributed by atoms with Crippen LogP contribution in [0.15, 0.2) is 65.7 Å². The van der Waals surface area contributed by atoms with Gasteiger partial charge in [0.2, 0.25) is 0 Å². The van der Waals surface area contributed by atoms with E-state index in [1.54, 1.807) is 13.3 Å². The second-order valence-corrected chi connectivity index (χ2v) is 6.73. The normalized spacial score (nSPS) is 10.8. The number of aromatic nitrogens is 2. The van der Waals surface area contributed by atoms with Crippen LogP contribution in [-0.4, -0.2) is 29.5 Å². The van der Waals surface area contributed by atoms with Crippen molar-refractivity contribution in [1.82, 2.24) is 15.3 Å². The number of hydrogen-bond donors (Lipinski definition) is 1. The molecule has 0 bridgehead atoms. The van der Waals surface area contributed by atoms with Crippen molar-refractivity contribution in [2.24, 2.45) is 0 Å². The number of carbonyl (C=O) groups is 1. The molecule has 1 N–H and O–H groups in total. The Labute approximate surface area is 168 Å². The first kappa shape index (κ1) is 18.7. The lowest BCUT2D eigenvalue weighted by atomic mass is 10.0. The SMILES string of the molecule is COc1ccc(-c2ocnc2C(=O)NCCc2cccc3ccncc23)cc1C. The van der Waals surface area contributed by atoms with Crippen molar-refractivity contribution in [2.45, 2.75) is 13.3 Å². The largest absolute Gasteiger partial charge is 0.496 e. The fourth-order valence-corrected chi connectivity index (χ4v) is 3.42. The molecule has 0 aliphatic carbocycles. The maximum Gasteiger partial charge on any atom is 0.273 e. The van der Waals surface area contributed by atoms with Gasteiger partial charge in [-0.2, -0.15) is 0 Å². The highest BCUT2D eigenvalue weighted by Crippen LogP contribution is 2.28. The molecule has 0 saturated heterocycles. The summed E-state index contributed by atoms with van der Waals surface area (Å²) in [5.74, 6) is 0.965. The van der Waals surface area contributed by atoms with Gasteiger partial charge in [-0.3, -0.25) is 9.78 Å². The molecule has 0 aliphatic rings. The van der Waals surface area contributed by atoms with E-state index in [1.165, 1.54) is 6.39 Å². The van der Waals surface area contributed by atoms with Crippen molar-refractivity contribution < 1.29 is 13.9 Å². The number of aryl methyl sites for hydroxylation is 1. The Kier molecular flexibility index (Phi) is 5.24. The number of nitrogens with one attached hydrogen (secondary N) is 1. The van der Waals surface area contributed by atoms with Crippen molar-refractivity contribution >= 4 is 16.7 Å². The smallest absolute Gasteiger partial charge is 0.273 e. The average molecular weight is 387 g/mol. The van der Waals surface area contributed by atoms with E-state index in [9.17, 15) is 4.79 Å². The maximum absolute atomic E-state index is 12.7. The molecule has 0 spiro atoms. The van der Waals surface area contributed by atoms with Crippen molar-refractivity contribution in [3.05, 3.63) is 78.1 Å². The Bertz CT molecular complexity index is 1160. The highest BCUT2D eigenvalue weighted by molar-refractivity contribution is 5.97. The summed E-state index contributed by atoms with van der Waals surface area (Å²) in [4.78, 5) is 21.0. The molecule has 4 aromatic rings. The fraction of sp³-hybridized carbons (Fsp3) is 0.174. The molecule has 2 aromatic carbocycles. The van der Waals surface area contributed by atoms with Crippen LogP contribution in [0.5, 0.6) is 5.75 Å². The van der Waals surface area contributed by atoms with Gasteiger partial charge in [-0.15, -0.1) is 0 Å². The molecular formula is C23H21N3O3. The molecule has 1 amide bonds. The Morgan fingerprint density at radius 3 is 2.93 bits per heavy atom. The number of ether oxygens (including phenoxy) is 1. The van der Waals surface area contributed by atoms with E-state index in [1.807, 2.05) is 43.5 Å². The molecule has 0 fully saturated rings. The van der Waals surface area contributed by atoms with E-state index < -0.39 is 0 Å². The lowest BCUT2D eigenvalue weighted by Crippen LogP contribution is -2.26. The summed E-state index contributed by atoms with van der Waals surface area (Å²) < 4.78 is 10.8. The molecule has 0 atom stereocenters. The molecule has 6 nitrogen and oxygen atoms in total. The molecule has 29 heavy (non-hydrogen) atoms. The molecule has 0 unspecified atom stereocenters. The van der Waals surface area contributed by atoms with Gasteiger partial charge < -0.3 is 14.5 Å². The van der Waals surface area contributed by atoms with E-state index in [0.717, 1.165) is 33.2 Å². The van der Waals surface area contributed by atoms with Crippen LogP contribution in [0.3, 0.4) is 0 Å². The number of fused-ring (bicyclic) bond motifs is 1. The number of rotatable bonds is 6. The molecule has 146 valence electrons. The average Bonchev–Trinajstić information content (AvgIpc) is 3.24. The summed E-state index contributed by atoms with van der Waals surface area (Å²) >= 11 is 0. The summed E-state index contributed by atoms with van der Waals surface area (Å²) in [6.45, 7) is 2.43. The quantitative estimate of drug-likeness (QED) is 0.537. The van der Waals surface area contributed by atoms with Gasteiger partial charge in [0, 0.05) is 29.9 Å². The van der Waals surface area contributed by atoms with Crippen molar-refractivity contribution in [3.8, 4) is 17.1 Å². The monoisotopic (exact) mass is 387 g/mol. The first-order chi connectivity index (χ1) is 14.2. The van der Waals surface area contributed by atoms with Gasteiger partial charge in [0.25, 0.3) is 5.91 Å². The molecule has 0 saturated carbocycles. The van der Waals surface area contributed by atoms with Gasteiger partial charge in [-0.05, 0) is 54.1 Å². The Balaban J connectivity index is 1.47. The number of carbonyl (C=O) groups excluding carboxylic acids is 1. The van der Waals surface area contributed by atoms with Gasteiger partial charge in [0.15, 0.2) is 17.8 Å². The Morgan fingerprint density at radius 2 is 2.10 bits per heavy atom. The van der Waals surface area contributed by atoms with Crippen LogP contribution < -0.4 is 10.1 Å². The van der Waals surface area contributed by atoms with Gasteiger partial charge in [0.1, 0.15) is 5.75 Å². The van der Waals surface area contributed by atoms with Crippen LogP contribution in [0.4, 0.5) is 0 Å². The van der Waals surface area contributed by atoms with Gasteiger partial charge in [-0.25, -0.2) is 4.98 Å². The zero-order chi connectivity index (χ0) is 20.2. The minimum Gasteiger partial charge on any atom is -0.496 e. The van der Waals surface area contributed by atoms with Crippen molar-refractivity contribution in [1.29, 1.82) is 0 Å². The van der Waals surface area contributed by atoms with E-state index in [2.05, 4.69) is 27.4 Å². The van der Waals surface area contributed by atoms with Crippen LogP contribution in [0, 0.1) is 6.92 Å². The van der Waals surface area contributed by atoms with Crippen molar-refractivity contribution in [2.75, 3.05) is 13.7 Å². The molecule has 0 radical (unpaired) electrons. The second-order valence-electron chi connectivity index (χ2n) is 6.73. The van der Waals surface area contributed by atoms with Crippen LogP contribution >= 0.6 is 0 Å². The number of benzene rings is 2. The zero-order valence-corrected chi connectivity index (χ0v) is 16.3. The predicted molar refractivity (Wildman–Crippen MR) is 111 cm³/mol.